The Balaban J connectivity index is 1.87. The Hall–Kier alpha value is -2.67. The highest BCUT2D eigenvalue weighted by molar-refractivity contribution is 7.92. The van der Waals surface area contributed by atoms with Crippen molar-refractivity contribution < 1.29 is 8.42 Å². The zero-order valence-electron chi connectivity index (χ0n) is 15.3. The van der Waals surface area contributed by atoms with Gasteiger partial charge < -0.3 is 0 Å². The summed E-state index contributed by atoms with van der Waals surface area (Å²) in [6.07, 6.45) is 3.34. The van der Waals surface area contributed by atoms with Gasteiger partial charge in [0.15, 0.2) is 0 Å². The van der Waals surface area contributed by atoms with Crippen LogP contribution in [0.1, 0.15) is 26.3 Å². The monoisotopic (exact) mass is 370 g/mol. The molecule has 136 valence electrons. The van der Waals surface area contributed by atoms with Crippen molar-refractivity contribution in [1.82, 2.24) is 14.8 Å². The molecule has 0 saturated heterocycles. The molecule has 0 amide bonds. The predicted molar refractivity (Wildman–Crippen MR) is 102 cm³/mol. The molecule has 0 saturated carbocycles. The van der Waals surface area contributed by atoms with E-state index in [0.717, 1.165) is 11.1 Å². The van der Waals surface area contributed by atoms with Crippen LogP contribution in [0.25, 0.3) is 11.3 Å². The van der Waals surface area contributed by atoms with Crippen molar-refractivity contribution in [2.24, 2.45) is 7.05 Å². The molecule has 2 heterocycles. The molecule has 2 aromatic heterocycles. The molecule has 0 atom stereocenters. The number of sulfonamides is 1. The highest BCUT2D eigenvalue weighted by Crippen LogP contribution is 2.25. The van der Waals surface area contributed by atoms with Crippen LogP contribution in [-0.2, 0) is 22.5 Å². The fourth-order valence-electron chi connectivity index (χ4n) is 2.56. The Morgan fingerprint density at radius 1 is 1.00 bits per heavy atom. The lowest BCUT2D eigenvalue weighted by atomic mass is 9.87. The number of nitrogens with zero attached hydrogens (tertiary/aromatic N) is 3. The van der Waals surface area contributed by atoms with E-state index in [1.807, 2.05) is 24.3 Å². The number of nitrogens with one attached hydrogen (secondary N) is 1. The van der Waals surface area contributed by atoms with E-state index in [0.29, 0.717) is 11.5 Å². The summed E-state index contributed by atoms with van der Waals surface area (Å²) >= 11 is 0. The van der Waals surface area contributed by atoms with E-state index in [1.165, 1.54) is 4.68 Å². The molecule has 26 heavy (non-hydrogen) atoms. The number of hydrogen-bond acceptors (Lipinski definition) is 4. The Labute approximate surface area is 154 Å². The first kappa shape index (κ1) is 18.1. The van der Waals surface area contributed by atoms with Gasteiger partial charge in [-0.3, -0.25) is 14.4 Å². The maximum atomic E-state index is 12.7. The van der Waals surface area contributed by atoms with Gasteiger partial charge in [0.1, 0.15) is 5.82 Å². The van der Waals surface area contributed by atoms with Crippen molar-refractivity contribution in [3.63, 3.8) is 0 Å². The van der Waals surface area contributed by atoms with E-state index in [2.05, 4.69) is 35.6 Å². The van der Waals surface area contributed by atoms with Crippen LogP contribution in [-0.4, -0.2) is 23.2 Å². The van der Waals surface area contributed by atoms with Crippen molar-refractivity contribution in [3.8, 4) is 11.3 Å². The molecule has 0 spiro atoms. The highest BCUT2D eigenvalue weighted by Gasteiger charge is 2.19. The number of anilines is 1. The Morgan fingerprint density at radius 3 is 2.19 bits per heavy atom. The lowest BCUT2D eigenvalue weighted by Crippen LogP contribution is -2.16. The van der Waals surface area contributed by atoms with Crippen LogP contribution in [0, 0.1) is 0 Å². The van der Waals surface area contributed by atoms with E-state index < -0.39 is 10.0 Å². The Bertz CT molecular complexity index is 1000. The zero-order chi connectivity index (χ0) is 18.9. The molecule has 0 aliphatic carbocycles. The van der Waals surface area contributed by atoms with E-state index in [4.69, 9.17) is 0 Å². The van der Waals surface area contributed by atoms with Gasteiger partial charge in [0.2, 0.25) is 0 Å². The highest BCUT2D eigenvalue weighted by atomic mass is 32.2. The zero-order valence-corrected chi connectivity index (χ0v) is 16.1. The first-order valence-electron chi connectivity index (χ1n) is 8.25. The summed E-state index contributed by atoms with van der Waals surface area (Å²) in [5.41, 5.74) is 2.60. The van der Waals surface area contributed by atoms with Crippen LogP contribution in [0.15, 0.2) is 59.8 Å². The molecule has 0 bridgehead atoms. The van der Waals surface area contributed by atoms with Gasteiger partial charge in [0, 0.05) is 31.1 Å². The van der Waals surface area contributed by atoms with Crippen LogP contribution >= 0.6 is 0 Å². The molecule has 3 rings (SSSR count). The van der Waals surface area contributed by atoms with Crippen molar-refractivity contribution in [1.29, 1.82) is 0 Å². The van der Waals surface area contributed by atoms with Crippen molar-refractivity contribution in [2.45, 2.75) is 31.1 Å². The quantitative estimate of drug-likeness (QED) is 0.761. The van der Waals surface area contributed by atoms with Crippen molar-refractivity contribution in [3.05, 3.63) is 60.4 Å². The maximum Gasteiger partial charge on any atom is 0.263 e. The summed E-state index contributed by atoms with van der Waals surface area (Å²) in [4.78, 5) is 4.20. The van der Waals surface area contributed by atoms with E-state index >= 15 is 0 Å². The molecule has 7 heteroatoms. The summed E-state index contributed by atoms with van der Waals surface area (Å²) < 4.78 is 29.5. The molecule has 0 unspecified atom stereocenters. The molecule has 0 radical (unpaired) electrons. The second kappa shape index (κ2) is 6.57. The number of aromatic nitrogens is 3. The second-order valence-electron chi connectivity index (χ2n) is 7.15. The number of pyridine rings is 1. The SMILES string of the molecule is Cn1nc(-c2ccncc2)cc1NS(=O)(=O)c1ccc(C(C)(C)C)cc1. The van der Waals surface area contributed by atoms with Gasteiger partial charge >= 0.3 is 0 Å². The molecule has 1 N–H and O–H groups in total. The summed E-state index contributed by atoms with van der Waals surface area (Å²) in [6.45, 7) is 6.26. The van der Waals surface area contributed by atoms with Gasteiger partial charge in [0.05, 0.1) is 10.6 Å². The predicted octanol–water partition coefficient (Wildman–Crippen LogP) is 3.58. The largest absolute Gasteiger partial charge is 0.265 e. The van der Waals surface area contributed by atoms with Gasteiger partial charge in [-0.2, -0.15) is 5.10 Å². The van der Waals surface area contributed by atoms with Crippen molar-refractivity contribution in [2.75, 3.05) is 4.72 Å². The maximum absolute atomic E-state index is 12.7. The Morgan fingerprint density at radius 2 is 1.62 bits per heavy atom. The Kier molecular flexibility index (Phi) is 4.58. The molecule has 3 aromatic rings. The lowest BCUT2D eigenvalue weighted by molar-refractivity contribution is 0.587. The smallest absolute Gasteiger partial charge is 0.263 e. The number of benzene rings is 1. The van der Waals surface area contributed by atoms with Gasteiger partial charge in [-0.15, -0.1) is 0 Å². The van der Waals surface area contributed by atoms with Crippen LogP contribution < -0.4 is 4.72 Å². The van der Waals surface area contributed by atoms with E-state index in [-0.39, 0.29) is 10.3 Å². The molecule has 1 aromatic carbocycles. The third-order valence-corrected chi connectivity index (χ3v) is 5.50. The fraction of sp³-hybridized carbons (Fsp3) is 0.263. The van der Waals surface area contributed by atoms with Gasteiger partial charge in [-0.25, -0.2) is 8.42 Å². The third-order valence-electron chi connectivity index (χ3n) is 4.13. The average Bonchev–Trinajstić information content (AvgIpc) is 2.95. The van der Waals surface area contributed by atoms with Crippen LogP contribution in [0.4, 0.5) is 5.82 Å². The summed E-state index contributed by atoms with van der Waals surface area (Å²) in [5.74, 6) is 0.400. The number of aryl methyl sites for hydroxylation is 1. The molecule has 0 aliphatic heterocycles. The molecular weight excluding hydrogens is 348 g/mol. The number of rotatable bonds is 4. The topological polar surface area (TPSA) is 76.9 Å². The molecule has 0 aliphatic rings. The minimum Gasteiger partial charge on any atom is -0.265 e. The standard InChI is InChI=1S/C19H22N4O2S/c1-19(2,3)15-5-7-16(8-6-15)26(24,25)22-18-13-17(21-23(18)4)14-9-11-20-12-10-14/h5-13,22H,1-4H3. The van der Waals surface area contributed by atoms with Crippen molar-refractivity contribution >= 4 is 15.8 Å². The van der Waals surface area contributed by atoms with Crippen LogP contribution in [0.2, 0.25) is 0 Å². The third kappa shape index (κ3) is 3.77. The minimum atomic E-state index is -3.69. The molecule has 6 nitrogen and oxygen atoms in total. The second-order valence-corrected chi connectivity index (χ2v) is 8.84. The summed E-state index contributed by atoms with van der Waals surface area (Å²) in [7, 11) is -1.99. The first-order valence-corrected chi connectivity index (χ1v) is 9.73. The summed E-state index contributed by atoms with van der Waals surface area (Å²) in [6, 6.07) is 12.3. The van der Waals surface area contributed by atoms with Gasteiger partial charge in [0.25, 0.3) is 10.0 Å². The lowest BCUT2D eigenvalue weighted by Gasteiger charge is -2.19. The first-order chi connectivity index (χ1) is 12.2. The van der Waals surface area contributed by atoms with Crippen LogP contribution in [0.5, 0.6) is 0 Å². The molecular formula is C19H22N4O2S. The molecule has 0 fully saturated rings. The van der Waals surface area contributed by atoms with Gasteiger partial charge in [-0.05, 0) is 35.2 Å². The summed E-state index contributed by atoms with van der Waals surface area (Å²) in [5, 5.41) is 4.37. The average molecular weight is 370 g/mol. The normalized spacial score (nSPS) is 12.2. The van der Waals surface area contributed by atoms with Crippen LogP contribution in [0.3, 0.4) is 0 Å². The number of hydrogen-bond donors (Lipinski definition) is 1. The fourth-order valence-corrected chi connectivity index (χ4v) is 3.64. The minimum absolute atomic E-state index is 0.0306. The van der Waals surface area contributed by atoms with Gasteiger partial charge in [-0.1, -0.05) is 32.9 Å². The van der Waals surface area contributed by atoms with E-state index in [9.17, 15) is 8.42 Å². The van der Waals surface area contributed by atoms with E-state index in [1.54, 1.807) is 37.6 Å².